The molecule has 0 N–H and O–H groups in total. The van der Waals surface area contributed by atoms with E-state index in [0.717, 1.165) is 10.2 Å². The maximum Gasteiger partial charge on any atom is 0.338 e. The van der Waals surface area contributed by atoms with Crippen molar-refractivity contribution in [3.05, 3.63) is 94.5 Å². The number of rotatable bonds is 7. The Morgan fingerprint density at radius 2 is 1.50 bits per heavy atom. The lowest BCUT2D eigenvalue weighted by atomic mass is 10.1. The summed E-state index contributed by atoms with van der Waals surface area (Å²) in [5.41, 5.74) is 1.55. The van der Waals surface area contributed by atoms with Crippen molar-refractivity contribution in [2.75, 3.05) is 37.7 Å². The number of ketones is 1. The first-order chi connectivity index (χ1) is 16.3. The van der Waals surface area contributed by atoms with Crippen molar-refractivity contribution in [1.82, 2.24) is 4.31 Å². The molecule has 9 heteroatoms. The van der Waals surface area contributed by atoms with Gasteiger partial charge in [0.05, 0.1) is 10.5 Å². The van der Waals surface area contributed by atoms with E-state index in [4.69, 9.17) is 4.74 Å². The van der Waals surface area contributed by atoms with E-state index in [1.54, 1.807) is 24.3 Å². The first-order valence-corrected chi connectivity index (χ1v) is 12.9. The third-order valence-corrected chi connectivity index (χ3v) is 7.99. The number of carbonyl (C=O) groups excluding carboxylic acids is 2. The molecule has 7 nitrogen and oxygen atoms in total. The van der Waals surface area contributed by atoms with Crippen molar-refractivity contribution in [1.29, 1.82) is 0 Å². The van der Waals surface area contributed by atoms with Gasteiger partial charge in [0.2, 0.25) is 10.0 Å². The van der Waals surface area contributed by atoms with Gasteiger partial charge in [-0.15, -0.1) is 0 Å². The van der Waals surface area contributed by atoms with Crippen LogP contribution in [0.2, 0.25) is 0 Å². The maximum atomic E-state index is 13.2. The molecule has 34 heavy (non-hydrogen) atoms. The number of piperazine rings is 1. The van der Waals surface area contributed by atoms with E-state index in [0.29, 0.717) is 31.7 Å². The predicted octanol–water partition coefficient (Wildman–Crippen LogP) is 4.00. The second-order valence-electron chi connectivity index (χ2n) is 7.76. The fraction of sp³-hybridized carbons (Fsp3) is 0.200. The Balaban J connectivity index is 1.39. The van der Waals surface area contributed by atoms with Crippen LogP contribution in [-0.4, -0.2) is 57.3 Å². The third-order valence-electron chi connectivity index (χ3n) is 5.57. The molecule has 176 valence electrons. The van der Waals surface area contributed by atoms with Gasteiger partial charge < -0.3 is 9.64 Å². The molecule has 1 aliphatic rings. The number of sulfonamides is 1. The molecule has 4 rings (SSSR count). The molecule has 0 amide bonds. The summed E-state index contributed by atoms with van der Waals surface area (Å²) in [5, 5.41) is 0. The fourth-order valence-electron chi connectivity index (χ4n) is 3.69. The van der Waals surface area contributed by atoms with Crippen molar-refractivity contribution in [3.63, 3.8) is 0 Å². The largest absolute Gasteiger partial charge is 0.454 e. The summed E-state index contributed by atoms with van der Waals surface area (Å²) >= 11 is 3.30. The van der Waals surface area contributed by atoms with Crippen molar-refractivity contribution in [3.8, 4) is 0 Å². The fourth-order valence-corrected chi connectivity index (χ4v) is 5.42. The number of halogens is 1. The van der Waals surface area contributed by atoms with E-state index >= 15 is 0 Å². The summed E-state index contributed by atoms with van der Waals surface area (Å²) in [6.45, 7) is 1.40. The number of esters is 1. The van der Waals surface area contributed by atoms with Crippen LogP contribution in [0.3, 0.4) is 0 Å². The number of anilines is 1. The molecule has 1 saturated heterocycles. The maximum absolute atomic E-state index is 13.2. The lowest BCUT2D eigenvalue weighted by Crippen LogP contribution is -2.48. The predicted molar refractivity (Wildman–Crippen MR) is 133 cm³/mol. The first-order valence-electron chi connectivity index (χ1n) is 10.7. The smallest absolute Gasteiger partial charge is 0.338 e. The molecular formula is C25H23BrN2O5S. The van der Waals surface area contributed by atoms with E-state index < -0.39 is 22.6 Å². The van der Waals surface area contributed by atoms with E-state index in [9.17, 15) is 18.0 Å². The Kier molecular flexibility index (Phi) is 7.45. The first kappa shape index (κ1) is 24.1. The van der Waals surface area contributed by atoms with Crippen LogP contribution < -0.4 is 4.90 Å². The molecule has 0 radical (unpaired) electrons. The number of nitrogens with zero attached hydrogens (tertiary/aromatic N) is 2. The van der Waals surface area contributed by atoms with Crippen molar-refractivity contribution in [2.45, 2.75) is 4.90 Å². The molecular weight excluding hydrogens is 520 g/mol. The minimum Gasteiger partial charge on any atom is -0.454 e. The number of carbonyl (C=O) groups is 2. The molecule has 0 bridgehead atoms. The van der Waals surface area contributed by atoms with Gasteiger partial charge in [0.15, 0.2) is 12.4 Å². The van der Waals surface area contributed by atoms with E-state index in [1.165, 1.54) is 28.6 Å². The summed E-state index contributed by atoms with van der Waals surface area (Å²) in [5.74, 6) is -1.10. The van der Waals surface area contributed by atoms with Gasteiger partial charge in [-0.05, 0) is 42.5 Å². The van der Waals surface area contributed by atoms with Crippen LogP contribution in [0.4, 0.5) is 5.69 Å². The Bertz CT molecular complexity index is 1270. The number of hydrogen-bond donors (Lipinski definition) is 0. The SMILES string of the molecule is O=C(COC(=O)c1cccc(S(=O)(=O)N2CCN(c3ccccc3)CC2)c1)c1ccc(Br)cc1. The van der Waals surface area contributed by atoms with Crippen LogP contribution in [0.25, 0.3) is 0 Å². The van der Waals surface area contributed by atoms with E-state index in [-0.39, 0.29) is 16.2 Å². The lowest BCUT2D eigenvalue weighted by Gasteiger charge is -2.35. The van der Waals surface area contributed by atoms with Gasteiger partial charge in [0.25, 0.3) is 0 Å². The van der Waals surface area contributed by atoms with Crippen LogP contribution in [0.1, 0.15) is 20.7 Å². The highest BCUT2D eigenvalue weighted by Gasteiger charge is 2.29. The lowest BCUT2D eigenvalue weighted by molar-refractivity contribution is 0.0474. The highest BCUT2D eigenvalue weighted by Crippen LogP contribution is 2.22. The number of hydrogen-bond acceptors (Lipinski definition) is 6. The second-order valence-corrected chi connectivity index (χ2v) is 10.6. The summed E-state index contributed by atoms with van der Waals surface area (Å²) in [4.78, 5) is 26.9. The summed E-state index contributed by atoms with van der Waals surface area (Å²) in [6.07, 6.45) is 0. The Morgan fingerprint density at radius 1 is 0.824 bits per heavy atom. The standard InChI is InChI=1S/C25H23BrN2O5S/c26-21-11-9-19(10-12-21)24(29)18-33-25(30)20-5-4-8-23(17-20)34(31,32)28-15-13-27(14-16-28)22-6-2-1-3-7-22/h1-12,17H,13-16,18H2. The normalized spacial score (nSPS) is 14.6. The van der Waals surface area contributed by atoms with Gasteiger partial charge >= 0.3 is 5.97 Å². The molecule has 1 heterocycles. The zero-order valence-electron chi connectivity index (χ0n) is 18.3. The molecule has 3 aromatic carbocycles. The quantitative estimate of drug-likeness (QED) is 0.331. The van der Waals surface area contributed by atoms with E-state index in [2.05, 4.69) is 20.8 Å². The van der Waals surface area contributed by atoms with Crippen molar-refractivity contribution >= 4 is 43.4 Å². The average molecular weight is 543 g/mol. The van der Waals surface area contributed by atoms with Crippen molar-refractivity contribution in [2.24, 2.45) is 0 Å². The zero-order valence-corrected chi connectivity index (χ0v) is 20.7. The number of Topliss-reactive ketones (excluding diaryl/α,β-unsaturated/α-hetero) is 1. The van der Waals surface area contributed by atoms with Crippen LogP contribution in [0.15, 0.2) is 88.2 Å². The summed E-state index contributed by atoms with van der Waals surface area (Å²) in [6, 6.07) is 22.3. The van der Waals surface area contributed by atoms with Gasteiger partial charge in [-0.2, -0.15) is 4.31 Å². The molecule has 1 aliphatic heterocycles. The van der Waals surface area contributed by atoms with Crippen LogP contribution in [0, 0.1) is 0 Å². The van der Waals surface area contributed by atoms with Crippen LogP contribution in [-0.2, 0) is 14.8 Å². The second kappa shape index (κ2) is 10.5. The highest BCUT2D eigenvalue weighted by atomic mass is 79.9. The molecule has 0 aromatic heterocycles. The minimum atomic E-state index is -3.77. The molecule has 0 spiro atoms. The van der Waals surface area contributed by atoms with Gasteiger partial charge in [-0.25, -0.2) is 13.2 Å². The Morgan fingerprint density at radius 3 is 2.18 bits per heavy atom. The summed E-state index contributed by atoms with van der Waals surface area (Å²) in [7, 11) is -3.77. The van der Waals surface area contributed by atoms with Gasteiger partial charge in [-0.3, -0.25) is 4.79 Å². The Labute approximate surface area is 207 Å². The van der Waals surface area contributed by atoms with Gasteiger partial charge in [0.1, 0.15) is 0 Å². The zero-order chi connectivity index (χ0) is 24.1. The Hall–Kier alpha value is -3.01. The molecule has 0 saturated carbocycles. The molecule has 0 aliphatic carbocycles. The number of ether oxygens (including phenoxy) is 1. The van der Waals surface area contributed by atoms with Gasteiger partial charge in [-0.1, -0.05) is 52.3 Å². The van der Waals surface area contributed by atoms with Gasteiger partial charge in [0, 0.05) is 41.9 Å². The summed E-state index contributed by atoms with van der Waals surface area (Å²) < 4.78 is 33.8. The van der Waals surface area contributed by atoms with Crippen LogP contribution in [0.5, 0.6) is 0 Å². The highest BCUT2D eigenvalue weighted by molar-refractivity contribution is 9.10. The van der Waals surface area contributed by atoms with E-state index in [1.807, 2.05) is 30.3 Å². The number of para-hydroxylation sites is 1. The monoisotopic (exact) mass is 542 g/mol. The average Bonchev–Trinajstić information content (AvgIpc) is 2.88. The minimum absolute atomic E-state index is 0.0225. The number of benzene rings is 3. The topological polar surface area (TPSA) is 84.0 Å². The molecule has 1 fully saturated rings. The van der Waals surface area contributed by atoms with Crippen LogP contribution >= 0.6 is 15.9 Å². The molecule has 3 aromatic rings. The molecule has 0 atom stereocenters. The van der Waals surface area contributed by atoms with Crippen molar-refractivity contribution < 1.29 is 22.7 Å². The molecule has 0 unspecified atom stereocenters. The third kappa shape index (κ3) is 5.55.